The van der Waals surface area contributed by atoms with Crippen LogP contribution in [0.5, 0.6) is 0 Å². The zero-order valence-corrected chi connectivity index (χ0v) is 13.3. The van der Waals surface area contributed by atoms with Gasteiger partial charge in [0.15, 0.2) is 0 Å². The molecule has 116 valence electrons. The molecule has 0 N–H and O–H groups in total. The van der Waals surface area contributed by atoms with E-state index < -0.39 is 11.7 Å². The zero-order chi connectivity index (χ0) is 15.6. The Morgan fingerprint density at radius 2 is 1.86 bits per heavy atom. The first kappa shape index (κ1) is 16.3. The molecule has 1 aromatic rings. The maximum Gasteiger partial charge on any atom is 0.416 e. The highest BCUT2D eigenvalue weighted by atomic mass is 79.9. The summed E-state index contributed by atoms with van der Waals surface area (Å²) in [6.45, 7) is 0. The van der Waals surface area contributed by atoms with Gasteiger partial charge in [-0.05, 0) is 47.0 Å². The Morgan fingerprint density at radius 1 is 1.24 bits per heavy atom. The van der Waals surface area contributed by atoms with Crippen molar-refractivity contribution >= 4 is 21.8 Å². The first-order chi connectivity index (χ1) is 9.80. The summed E-state index contributed by atoms with van der Waals surface area (Å²) in [5.74, 6) is -0.361. The van der Waals surface area contributed by atoms with Crippen molar-refractivity contribution in [2.75, 3.05) is 7.05 Å². The van der Waals surface area contributed by atoms with Gasteiger partial charge in [0.05, 0.1) is 11.1 Å². The van der Waals surface area contributed by atoms with Gasteiger partial charge in [-0.3, -0.25) is 4.79 Å². The van der Waals surface area contributed by atoms with Crippen LogP contribution in [0, 0.1) is 0 Å². The molecule has 1 aromatic carbocycles. The van der Waals surface area contributed by atoms with Crippen molar-refractivity contribution in [1.82, 2.24) is 4.90 Å². The zero-order valence-electron chi connectivity index (χ0n) is 11.7. The highest BCUT2D eigenvalue weighted by Gasteiger charge is 2.32. The third-order valence-electron chi connectivity index (χ3n) is 3.97. The van der Waals surface area contributed by atoms with Crippen molar-refractivity contribution in [3.05, 3.63) is 33.8 Å². The molecule has 1 amide bonds. The van der Waals surface area contributed by atoms with Crippen molar-refractivity contribution in [3.63, 3.8) is 0 Å². The minimum atomic E-state index is -4.45. The molecule has 1 aliphatic rings. The quantitative estimate of drug-likeness (QED) is 0.733. The molecule has 0 aliphatic heterocycles. The topological polar surface area (TPSA) is 20.3 Å². The van der Waals surface area contributed by atoms with Gasteiger partial charge in [-0.15, -0.1) is 0 Å². The lowest BCUT2D eigenvalue weighted by Crippen LogP contribution is -2.38. The fourth-order valence-electron chi connectivity index (χ4n) is 2.69. The van der Waals surface area contributed by atoms with E-state index in [-0.39, 0.29) is 17.5 Å². The van der Waals surface area contributed by atoms with Crippen molar-refractivity contribution in [2.45, 2.75) is 44.3 Å². The van der Waals surface area contributed by atoms with Crippen LogP contribution in [-0.4, -0.2) is 23.9 Å². The Morgan fingerprint density at radius 3 is 2.43 bits per heavy atom. The molecule has 0 radical (unpaired) electrons. The highest BCUT2D eigenvalue weighted by Crippen LogP contribution is 2.33. The van der Waals surface area contributed by atoms with Gasteiger partial charge in [0.1, 0.15) is 0 Å². The second-order valence-corrected chi connectivity index (χ2v) is 6.25. The maximum atomic E-state index is 12.8. The average molecular weight is 364 g/mol. The highest BCUT2D eigenvalue weighted by molar-refractivity contribution is 9.10. The Labute approximate surface area is 130 Å². The third kappa shape index (κ3) is 3.78. The number of rotatable bonds is 2. The molecule has 6 heteroatoms. The van der Waals surface area contributed by atoms with Crippen LogP contribution in [0.2, 0.25) is 0 Å². The first-order valence-electron chi connectivity index (χ1n) is 6.94. The lowest BCUT2D eigenvalue weighted by atomic mass is 9.94. The fraction of sp³-hybridized carbons (Fsp3) is 0.533. The van der Waals surface area contributed by atoms with Gasteiger partial charge in [0.25, 0.3) is 5.91 Å². The summed E-state index contributed by atoms with van der Waals surface area (Å²) >= 11 is 3.18. The van der Waals surface area contributed by atoms with Crippen molar-refractivity contribution < 1.29 is 18.0 Å². The number of hydrogen-bond donors (Lipinski definition) is 0. The van der Waals surface area contributed by atoms with E-state index in [1.165, 1.54) is 6.07 Å². The molecule has 0 spiro atoms. The van der Waals surface area contributed by atoms with Crippen molar-refractivity contribution in [3.8, 4) is 0 Å². The molecule has 0 saturated heterocycles. The summed E-state index contributed by atoms with van der Waals surface area (Å²) in [6, 6.07) is 3.30. The first-order valence-corrected chi connectivity index (χ1v) is 7.74. The molecule has 2 rings (SSSR count). The second-order valence-electron chi connectivity index (χ2n) is 5.40. The van der Waals surface area contributed by atoms with Crippen LogP contribution in [0.4, 0.5) is 13.2 Å². The smallest absolute Gasteiger partial charge is 0.339 e. The number of hydrogen-bond acceptors (Lipinski definition) is 1. The Hall–Kier alpha value is -1.04. The van der Waals surface area contributed by atoms with Crippen LogP contribution < -0.4 is 0 Å². The summed E-state index contributed by atoms with van der Waals surface area (Å²) in [5.41, 5.74) is -0.732. The van der Waals surface area contributed by atoms with Crippen molar-refractivity contribution in [1.29, 1.82) is 0 Å². The summed E-state index contributed by atoms with van der Waals surface area (Å²) in [7, 11) is 1.67. The molecule has 0 atom stereocenters. The third-order valence-corrected chi connectivity index (χ3v) is 4.66. The van der Waals surface area contributed by atoms with E-state index in [0.717, 1.165) is 44.2 Å². The van der Waals surface area contributed by atoms with Crippen LogP contribution in [0.15, 0.2) is 22.7 Å². The molecule has 0 aromatic heterocycles. The average Bonchev–Trinajstić information content (AvgIpc) is 2.46. The Kier molecular flexibility index (Phi) is 4.96. The number of nitrogens with zero attached hydrogens (tertiary/aromatic N) is 1. The largest absolute Gasteiger partial charge is 0.416 e. The fourth-order valence-corrected chi connectivity index (χ4v) is 3.11. The van der Waals surface area contributed by atoms with E-state index in [1.807, 2.05) is 0 Å². The summed E-state index contributed by atoms with van der Waals surface area (Å²) in [5, 5.41) is 0. The molecular formula is C15H17BrF3NO. The standard InChI is InChI=1S/C15H17BrF3NO/c1-20(11-5-3-2-4-6-11)14(21)12-9-10(15(17,18)19)7-8-13(12)16/h7-9,11H,2-6H2,1H3. The predicted molar refractivity (Wildman–Crippen MR) is 78.1 cm³/mol. The van der Waals surface area contributed by atoms with Gasteiger partial charge in [0, 0.05) is 17.6 Å². The van der Waals surface area contributed by atoms with Gasteiger partial charge >= 0.3 is 6.18 Å². The lowest BCUT2D eigenvalue weighted by molar-refractivity contribution is -0.137. The summed E-state index contributed by atoms with van der Waals surface area (Å²) < 4.78 is 38.7. The molecular weight excluding hydrogens is 347 g/mol. The van der Waals surface area contributed by atoms with Gasteiger partial charge in [0.2, 0.25) is 0 Å². The molecule has 21 heavy (non-hydrogen) atoms. The van der Waals surface area contributed by atoms with Crippen molar-refractivity contribution in [2.24, 2.45) is 0 Å². The minimum absolute atomic E-state index is 0.0675. The summed E-state index contributed by atoms with van der Waals surface area (Å²) in [6.07, 6.45) is 0.667. The number of benzene rings is 1. The minimum Gasteiger partial charge on any atom is -0.339 e. The number of carbonyl (C=O) groups is 1. The van der Waals surface area contributed by atoms with Crippen LogP contribution in [0.25, 0.3) is 0 Å². The lowest BCUT2D eigenvalue weighted by Gasteiger charge is -2.31. The number of halogens is 4. The Bertz CT molecular complexity index is 524. The molecule has 0 heterocycles. The monoisotopic (exact) mass is 363 g/mol. The summed E-state index contributed by atoms with van der Waals surface area (Å²) in [4.78, 5) is 14.1. The van der Waals surface area contributed by atoms with Crippen LogP contribution in [-0.2, 0) is 6.18 Å². The van der Waals surface area contributed by atoms with Crippen LogP contribution >= 0.6 is 15.9 Å². The van der Waals surface area contributed by atoms with Gasteiger partial charge in [-0.2, -0.15) is 13.2 Å². The van der Waals surface area contributed by atoms with E-state index in [9.17, 15) is 18.0 Å². The maximum absolute atomic E-state index is 12.8. The number of carbonyl (C=O) groups excluding carboxylic acids is 1. The Balaban J connectivity index is 2.25. The van der Waals surface area contributed by atoms with Gasteiger partial charge < -0.3 is 4.90 Å². The van der Waals surface area contributed by atoms with E-state index >= 15 is 0 Å². The molecule has 1 fully saturated rings. The normalized spacial score (nSPS) is 16.8. The van der Waals surface area contributed by atoms with Crippen LogP contribution in [0.3, 0.4) is 0 Å². The SMILES string of the molecule is CN(C(=O)c1cc(C(F)(F)F)ccc1Br)C1CCCCC1. The predicted octanol–water partition coefficient (Wildman–Crippen LogP) is 4.87. The van der Waals surface area contributed by atoms with E-state index in [1.54, 1.807) is 11.9 Å². The molecule has 1 saturated carbocycles. The van der Waals surface area contributed by atoms with E-state index in [2.05, 4.69) is 15.9 Å². The molecule has 2 nitrogen and oxygen atoms in total. The molecule has 0 bridgehead atoms. The number of alkyl halides is 3. The van der Waals surface area contributed by atoms with Gasteiger partial charge in [-0.25, -0.2) is 0 Å². The number of amides is 1. The second kappa shape index (κ2) is 6.38. The molecule has 1 aliphatic carbocycles. The van der Waals surface area contributed by atoms with Gasteiger partial charge in [-0.1, -0.05) is 19.3 Å². The van der Waals surface area contributed by atoms with Crippen LogP contribution in [0.1, 0.15) is 48.0 Å². The van der Waals surface area contributed by atoms with E-state index in [4.69, 9.17) is 0 Å². The molecule has 0 unspecified atom stereocenters. The van der Waals surface area contributed by atoms with E-state index in [0.29, 0.717) is 4.47 Å².